The Kier molecular flexibility index (Phi) is 5.51. The predicted octanol–water partition coefficient (Wildman–Crippen LogP) is 4.40. The maximum absolute atomic E-state index is 12.0. The third kappa shape index (κ3) is 4.72. The topological polar surface area (TPSA) is 91.8 Å². The van der Waals surface area contributed by atoms with Gasteiger partial charge in [0.2, 0.25) is 5.76 Å². The molecule has 0 N–H and O–H groups in total. The van der Waals surface area contributed by atoms with Gasteiger partial charge in [-0.05, 0) is 43.3 Å². The molecule has 3 aromatic rings. The highest BCUT2D eigenvalue weighted by Gasteiger charge is 2.14. The Labute approximate surface area is 155 Å². The Morgan fingerprint density at radius 3 is 2.37 bits per heavy atom. The Balaban J connectivity index is 1.52. The van der Waals surface area contributed by atoms with Crippen molar-refractivity contribution in [1.29, 1.82) is 0 Å². The van der Waals surface area contributed by atoms with E-state index in [4.69, 9.17) is 13.9 Å². The maximum Gasteiger partial charge on any atom is 0.374 e. The number of non-ortho nitro benzene ring substituents is 1. The number of rotatable bonds is 7. The van der Waals surface area contributed by atoms with Crippen LogP contribution in [0.2, 0.25) is 0 Å². The van der Waals surface area contributed by atoms with E-state index in [0.717, 1.165) is 5.56 Å². The highest BCUT2D eigenvalue weighted by molar-refractivity contribution is 5.87. The molecule has 0 saturated heterocycles. The number of furan rings is 1. The molecule has 0 spiro atoms. The van der Waals surface area contributed by atoms with Crippen LogP contribution in [-0.4, -0.2) is 24.1 Å². The molecular formula is C20H17NO6. The van der Waals surface area contributed by atoms with Crippen LogP contribution in [0.15, 0.2) is 65.1 Å². The molecule has 3 rings (SSSR count). The molecule has 0 bridgehead atoms. The van der Waals surface area contributed by atoms with Gasteiger partial charge in [0, 0.05) is 17.7 Å². The molecule has 7 nitrogen and oxygen atoms in total. The summed E-state index contributed by atoms with van der Waals surface area (Å²) in [6, 6.07) is 16.5. The summed E-state index contributed by atoms with van der Waals surface area (Å²) in [6.07, 6.45) is 0. The Morgan fingerprint density at radius 1 is 1.00 bits per heavy atom. The lowest BCUT2D eigenvalue weighted by molar-refractivity contribution is -0.384. The summed E-state index contributed by atoms with van der Waals surface area (Å²) in [5.41, 5.74) is 1.75. The number of nitrogens with zero attached hydrogens (tertiary/aromatic N) is 1. The average molecular weight is 367 g/mol. The van der Waals surface area contributed by atoms with Crippen LogP contribution in [0.4, 0.5) is 5.69 Å². The van der Waals surface area contributed by atoms with Crippen LogP contribution in [0.25, 0.3) is 11.3 Å². The number of aryl methyl sites for hydroxylation is 1. The van der Waals surface area contributed by atoms with Gasteiger partial charge in [0.15, 0.2) is 0 Å². The van der Waals surface area contributed by atoms with Crippen molar-refractivity contribution in [3.05, 3.63) is 82.1 Å². The Hall–Kier alpha value is -3.61. The van der Waals surface area contributed by atoms with Gasteiger partial charge in [-0.2, -0.15) is 0 Å². The summed E-state index contributed by atoms with van der Waals surface area (Å²) in [6.45, 7) is 2.30. The first-order valence-corrected chi connectivity index (χ1v) is 8.24. The third-order valence-corrected chi connectivity index (χ3v) is 3.78. The summed E-state index contributed by atoms with van der Waals surface area (Å²) < 4.78 is 16.1. The van der Waals surface area contributed by atoms with E-state index < -0.39 is 10.9 Å². The second kappa shape index (κ2) is 8.18. The molecular weight excluding hydrogens is 350 g/mol. The first-order chi connectivity index (χ1) is 13.0. The van der Waals surface area contributed by atoms with Crippen molar-refractivity contribution >= 4 is 11.7 Å². The molecule has 0 atom stereocenters. The average Bonchev–Trinajstić information content (AvgIpc) is 3.17. The van der Waals surface area contributed by atoms with E-state index in [2.05, 4.69) is 0 Å². The summed E-state index contributed by atoms with van der Waals surface area (Å²) >= 11 is 0. The van der Waals surface area contributed by atoms with Crippen LogP contribution in [0.1, 0.15) is 16.1 Å². The zero-order valence-corrected chi connectivity index (χ0v) is 14.6. The molecule has 27 heavy (non-hydrogen) atoms. The highest BCUT2D eigenvalue weighted by Crippen LogP contribution is 2.24. The molecule has 0 aliphatic rings. The van der Waals surface area contributed by atoms with Crippen molar-refractivity contribution < 1.29 is 23.6 Å². The largest absolute Gasteiger partial charge is 0.490 e. The van der Waals surface area contributed by atoms with Gasteiger partial charge < -0.3 is 13.9 Å². The van der Waals surface area contributed by atoms with Gasteiger partial charge in [0.05, 0.1) is 4.92 Å². The minimum absolute atomic E-state index is 0.0153. The molecule has 0 aliphatic heterocycles. The van der Waals surface area contributed by atoms with Crippen LogP contribution in [0, 0.1) is 17.0 Å². The van der Waals surface area contributed by atoms with Crippen molar-refractivity contribution in [2.45, 2.75) is 6.92 Å². The van der Waals surface area contributed by atoms with Crippen molar-refractivity contribution in [3.8, 4) is 17.1 Å². The molecule has 0 amide bonds. The quantitative estimate of drug-likeness (QED) is 0.266. The molecule has 7 heteroatoms. The molecule has 0 aliphatic carbocycles. The first-order valence-electron chi connectivity index (χ1n) is 8.24. The first kappa shape index (κ1) is 18.2. The minimum Gasteiger partial charge on any atom is -0.490 e. The van der Waals surface area contributed by atoms with E-state index in [1.165, 1.54) is 18.2 Å². The van der Waals surface area contributed by atoms with Gasteiger partial charge in [-0.15, -0.1) is 0 Å². The predicted molar refractivity (Wildman–Crippen MR) is 97.8 cm³/mol. The molecule has 0 unspecified atom stereocenters. The van der Waals surface area contributed by atoms with E-state index in [9.17, 15) is 14.9 Å². The third-order valence-electron chi connectivity index (χ3n) is 3.78. The van der Waals surface area contributed by atoms with Gasteiger partial charge in [0.1, 0.15) is 24.7 Å². The fourth-order valence-electron chi connectivity index (χ4n) is 2.35. The molecule has 1 aromatic heterocycles. The number of carbonyl (C=O) groups is 1. The number of hydrogen-bond acceptors (Lipinski definition) is 6. The lowest BCUT2D eigenvalue weighted by Gasteiger charge is -2.06. The summed E-state index contributed by atoms with van der Waals surface area (Å²) in [5.74, 6) is 0.581. The summed E-state index contributed by atoms with van der Waals surface area (Å²) in [4.78, 5) is 22.2. The smallest absolute Gasteiger partial charge is 0.374 e. The number of hydrogen-bond donors (Lipinski definition) is 0. The van der Waals surface area contributed by atoms with Gasteiger partial charge >= 0.3 is 5.97 Å². The van der Waals surface area contributed by atoms with Gasteiger partial charge in [-0.3, -0.25) is 10.1 Å². The zero-order valence-electron chi connectivity index (χ0n) is 14.6. The monoisotopic (exact) mass is 367 g/mol. The molecule has 0 saturated carbocycles. The van der Waals surface area contributed by atoms with Crippen LogP contribution < -0.4 is 4.74 Å². The maximum atomic E-state index is 12.0. The van der Waals surface area contributed by atoms with E-state index in [-0.39, 0.29) is 24.7 Å². The number of ether oxygens (including phenoxy) is 2. The molecule has 0 radical (unpaired) electrons. The number of nitro benzene ring substituents is 1. The van der Waals surface area contributed by atoms with Gasteiger partial charge in [0.25, 0.3) is 5.69 Å². The number of carbonyl (C=O) groups excluding carboxylic acids is 1. The lowest BCUT2D eigenvalue weighted by Crippen LogP contribution is -2.11. The van der Waals surface area contributed by atoms with Crippen LogP contribution >= 0.6 is 0 Å². The molecule has 138 valence electrons. The molecule has 2 aromatic carbocycles. The number of nitro groups is 1. The van der Waals surface area contributed by atoms with Crippen molar-refractivity contribution in [2.24, 2.45) is 0 Å². The van der Waals surface area contributed by atoms with E-state index in [1.807, 2.05) is 31.2 Å². The minimum atomic E-state index is -0.601. The Morgan fingerprint density at radius 2 is 1.70 bits per heavy atom. The lowest BCUT2D eigenvalue weighted by atomic mass is 10.1. The fourth-order valence-corrected chi connectivity index (χ4v) is 2.35. The van der Waals surface area contributed by atoms with Gasteiger partial charge in [-0.25, -0.2) is 4.79 Å². The normalized spacial score (nSPS) is 10.4. The van der Waals surface area contributed by atoms with Crippen molar-refractivity contribution in [2.75, 3.05) is 13.2 Å². The van der Waals surface area contributed by atoms with Crippen LogP contribution in [-0.2, 0) is 4.74 Å². The second-order valence-corrected chi connectivity index (χ2v) is 5.77. The SMILES string of the molecule is Cc1ccc(OCCOC(=O)c2ccc(-c3ccc([N+](=O)[O-])cc3)o2)cc1. The molecule has 0 fully saturated rings. The summed E-state index contributed by atoms with van der Waals surface area (Å²) in [7, 11) is 0. The van der Waals surface area contributed by atoms with E-state index >= 15 is 0 Å². The van der Waals surface area contributed by atoms with Crippen molar-refractivity contribution in [3.63, 3.8) is 0 Å². The number of esters is 1. The zero-order chi connectivity index (χ0) is 19.2. The Bertz CT molecular complexity index is 928. The number of benzene rings is 2. The van der Waals surface area contributed by atoms with Crippen molar-refractivity contribution in [1.82, 2.24) is 0 Å². The summed E-state index contributed by atoms with van der Waals surface area (Å²) in [5, 5.41) is 10.7. The standard InChI is InChI=1S/C20H17NO6/c1-14-2-8-17(9-3-14)25-12-13-26-20(22)19-11-10-18(27-19)15-4-6-16(7-5-15)21(23)24/h2-11H,12-13H2,1H3. The van der Waals surface area contributed by atoms with Crippen LogP contribution in [0.3, 0.4) is 0 Å². The van der Waals surface area contributed by atoms with E-state index in [0.29, 0.717) is 17.1 Å². The van der Waals surface area contributed by atoms with E-state index in [1.54, 1.807) is 18.2 Å². The van der Waals surface area contributed by atoms with Gasteiger partial charge in [-0.1, -0.05) is 17.7 Å². The highest BCUT2D eigenvalue weighted by atomic mass is 16.6. The second-order valence-electron chi connectivity index (χ2n) is 5.77. The van der Waals surface area contributed by atoms with Crippen LogP contribution in [0.5, 0.6) is 5.75 Å². The molecule has 1 heterocycles. The fraction of sp³-hybridized carbons (Fsp3) is 0.150.